The first-order chi connectivity index (χ1) is 11.2. The van der Waals surface area contributed by atoms with Gasteiger partial charge in [0.05, 0.1) is 23.2 Å². The number of aromatic nitrogens is 2. The molecule has 0 aliphatic rings. The summed E-state index contributed by atoms with van der Waals surface area (Å²) in [7, 11) is 1.57. The van der Waals surface area contributed by atoms with E-state index in [4.69, 9.17) is 10.5 Å². The molecule has 0 saturated heterocycles. The van der Waals surface area contributed by atoms with Crippen molar-refractivity contribution in [3.63, 3.8) is 0 Å². The number of halogens is 1. The van der Waals surface area contributed by atoms with Crippen molar-refractivity contribution in [3.8, 4) is 11.4 Å². The van der Waals surface area contributed by atoms with Gasteiger partial charge in [-0.15, -0.1) is 16.4 Å². The van der Waals surface area contributed by atoms with Crippen LogP contribution >= 0.6 is 11.3 Å². The van der Waals surface area contributed by atoms with Crippen molar-refractivity contribution < 1.29 is 9.13 Å². The number of anilines is 2. The van der Waals surface area contributed by atoms with E-state index in [0.29, 0.717) is 33.0 Å². The zero-order valence-corrected chi connectivity index (χ0v) is 13.2. The second-order valence-electron chi connectivity index (χ2n) is 4.77. The number of rotatable bonds is 5. The molecule has 0 amide bonds. The molecular formula is C15H15FN4O2S. The van der Waals surface area contributed by atoms with E-state index in [1.807, 2.05) is 0 Å². The molecular weight excluding hydrogens is 318 g/mol. The Morgan fingerprint density at radius 2 is 2.13 bits per heavy atom. The van der Waals surface area contributed by atoms with Crippen molar-refractivity contribution in [1.29, 1.82) is 0 Å². The fourth-order valence-electron chi connectivity index (χ4n) is 2.27. The second-order valence-corrected chi connectivity index (χ2v) is 5.68. The van der Waals surface area contributed by atoms with Crippen LogP contribution < -0.4 is 21.3 Å². The fourth-order valence-corrected chi connectivity index (χ4v) is 3.06. The molecule has 3 aromatic rings. The van der Waals surface area contributed by atoms with E-state index in [0.717, 1.165) is 0 Å². The molecule has 0 spiro atoms. The Bertz CT molecular complexity index is 889. The van der Waals surface area contributed by atoms with E-state index < -0.39 is 6.67 Å². The van der Waals surface area contributed by atoms with Crippen LogP contribution in [0.15, 0.2) is 34.4 Å². The number of ether oxygens (including phenoxy) is 1. The molecule has 1 aromatic carbocycles. The van der Waals surface area contributed by atoms with Crippen molar-refractivity contribution in [2.75, 3.05) is 31.4 Å². The van der Waals surface area contributed by atoms with Crippen LogP contribution in [0.2, 0.25) is 0 Å². The quantitative estimate of drug-likeness (QED) is 0.749. The van der Waals surface area contributed by atoms with Gasteiger partial charge in [-0.25, -0.2) is 4.39 Å². The van der Waals surface area contributed by atoms with Gasteiger partial charge in [-0.2, -0.15) is 4.68 Å². The van der Waals surface area contributed by atoms with Crippen LogP contribution in [0.25, 0.3) is 16.5 Å². The summed E-state index contributed by atoms with van der Waals surface area (Å²) < 4.78 is 18.8. The van der Waals surface area contributed by atoms with Crippen LogP contribution in [0.4, 0.5) is 15.2 Å². The van der Waals surface area contributed by atoms with Crippen LogP contribution in [0.1, 0.15) is 0 Å². The molecule has 6 nitrogen and oxygen atoms in total. The first-order valence-corrected chi connectivity index (χ1v) is 7.78. The lowest BCUT2D eigenvalue weighted by molar-refractivity contribution is 0.414. The van der Waals surface area contributed by atoms with Gasteiger partial charge in [0, 0.05) is 17.3 Å². The van der Waals surface area contributed by atoms with Gasteiger partial charge in [-0.1, -0.05) is 0 Å². The third kappa shape index (κ3) is 2.72. The zero-order chi connectivity index (χ0) is 16.4. The molecule has 23 heavy (non-hydrogen) atoms. The third-order valence-corrected chi connectivity index (χ3v) is 4.20. The molecule has 120 valence electrons. The number of nitrogens with two attached hydrogens (primary N) is 1. The minimum absolute atomic E-state index is 0.110. The molecule has 0 saturated carbocycles. The van der Waals surface area contributed by atoms with Gasteiger partial charge in [-0.05, 0) is 24.3 Å². The van der Waals surface area contributed by atoms with Crippen LogP contribution in [0, 0.1) is 0 Å². The van der Waals surface area contributed by atoms with Gasteiger partial charge in [-0.3, -0.25) is 4.79 Å². The highest BCUT2D eigenvalue weighted by molar-refractivity contribution is 7.15. The fraction of sp³-hybridized carbons (Fsp3) is 0.200. The van der Waals surface area contributed by atoms with Gasteiger partial charge >= 0.3 is 0 Å². The molecule has 3 rings (SSSR count). The average molecular weight is 333 g/mol. The van der Waals surface area contributed by atoms with Crippen LogP contribution in [0.5, 0.6) is 5.75 Å². The molecule has 2 heterocycles. The van der Waals surface area contributed by atoms with Gasteiger partial charge in [0.15, 0.2) is 5.82 Å². The Morgan fingerprint density at radius 3 is 2.78 bits per heavy atom. The lowest BCUT2D eigenvalue weighted by atomic mass is 10.2. The number of fused-ring (bicyclic) bond motifs is 1. The number of hydrogen-bond acceptors (Lipinski definition) is 6. The lowest BCUT2D eigenvalue weighted by Crippen LogP contribution is -2.23. The van der Waals surface area contributed by atoms with Crippen LogP contribution in [-0.4, -0.2) is 30.1 Å². The van der Waals surface area contributed by atoms with E-state index in [9.17, 15) is 9.18 Å². The normalized spacial score (nSPS) is 10.9. The van der Waals surface area contributed by atoms with Crippen molar-refractivity contribution in [2.24, 2.45) is 0 Å². The molecule has 0 atom stereocenters. The SMILES string of the molecule is COc1ccc(-n2nc(NCC[18F])c3csc(N)c3c2=O)cc1. The van der Waals surface area contributed by atoms with Gasteiger partial charge < -0.3 is 15.8 Å². The third-order valence-electron chi connectivity index (χ3n) is 3.38. The maximum atomic E-state index is 12.7. The topological polar surface area (TPSA) is 82.2 Å². The monoisotopic (exact) mass is 333 g/mol. The van der Waals surface area contributed by atoms with Crippen molar-refractivity contribution in [3.05, 3.63) is 40.0 Å². The molecule has 0 fully saturated rings. The molecule has 0 bridgehead atoms. The summed E-state index contributed by atoms with van der Waals surface area (Å²) in [6.07, 6.45) is 0. The minimum atomic E-state index is -0.537. The summed E-state index contributed by atoms with van der Waals surface area (Å²) >= 11 is 1.26. The molecule has 8 heteroatoms. The number of nitrogens with one attached hydrogen (secondary N) is 1. The highest BCUT2D eigenvalue weighted by Crippen LogP contribution is 2.29. The van der Waals surface area contributed by atoms with Gasteiger partial charge in [0.25, 0.3) is 5.56 Å². The number of alkyl halides is 1. The van der Waals surface area contributed by atoms with E-state index in [1.54, 1.807) is 36.8 Å². The average Bonchev–Trinajstić information content (AvgIpc) is 2.97. The first kappa shape index (κ1) is 15.3. The summed E-state index contributed by atoms with van der Waals surface area (Å²) in [6, 6.07) is 6.92. The van der Waals surface area contributed by atoms with Crippen molar-refractivity contribution in [2.45, 2.75) is 0 Å². The maximum absolute atomic E-state index is 12.7. The van der Waals surface area contributed by atoms with E-state index in [2.05, 4.69) is 10.4 Å². The van der Waals surface area contributed by atoms with Crippen molar-refractivity contribution >= 4 is 32.9 Å². The number of thiophene rings is 1. The summed E-state index contributed by atoms with van der Waals surface area (Å²) in [5, 5.41) is 10.4. The zero-order valence-electron chi connectivity index (χ0n) is 12.4. The second kappa shape index (κ2) is 6.25. The van der Waals surface area contributed by atoms with Crippen molar-refractivity contribution in [1.82, 2.24) is 9.78 Å². The van der Waals surface area contributed by atoms with E-state index >= 15 is 0 Å². The number of hydrogen-bond donors (Lipinski definition) is 2. The Balaban J connectivity index is 2.20. The van der Waals surface area contributed by atoms with Crippen LogP contribution in [-0.2, 0) is 0 Å². The Labute approximate surface area is 135 Å². The molecule has 0 radical (unpaired) electrons. The summed E-state index contributed by atoms with van der Waals surface area (Å²) in [6.45, 7) is -0.427. The number of nitrogens with zero attached hydrogens (tertiary/aromatic N) is 2. The molecule has 0 unspecified atom stereocenters. The van der Waals surface area contributed by atoms with E-state index in [1.165, 1.54) is 16.0 Å². The molecule has 0 aliphatic heterocycles. The highest BCUT2D eigenvalue weighted by Gasteiger charge is 2.15. The van der Waals surface area contributed by atoms with E-state index in [-0.39, 0.29) is 12.1 Å². The van der Waals surface area contributed by atoms with Crippen LogP contribution in [0.3, 0.4) is 0 Å². The Kier molecular flexibility index (Phi) is 4.16. The number of methoxy groups -OCH3 is 1. The maximum Gasteiger partial charge on any atom is 0.282 e. The predicted molar refractivity (Wildman–Crippen MR) is 90.6 cm³/mol. The minimum Gasteiger partial charge on any atom is -0.497 e. The predicted octanol–water partition coefficient (Wildman–Crippen LogP) is 2.42. The summed E-state index contributed by atoms with van der Waals surface area (Å²) in [5.74, 6) is 1.11. The number of nitrogen functional groups attached to an aromatic ring is 1. The van der Waals surface area contributed by atoms with Gasteiger partial charge in [0.2, 0.25) is 0 Å². The summed E-state index contributed by atoms with van der Waals surface area (Å²) in [5.41, 5.74) is 6.19. The first-order valence-electron chi connectivity index (χ1n) is 6.90. The van der Waals surface area contributed by atoms with Gasteiger partial charge in [0.1, 0.15) is 12.4 Å². The molecule has 0 aliphatic carbocycles. The molecule has 2 aromatic heterocycles. The Morgan fingerprint density at radius 1 is 1.39 bits per heavy atom. The standard InChI is InChI=1S/C15H15FN4O2S/c1-22-10-4-2-9(3-5-10)20-15(21)12-11(8-23-13(12)17)14(19-20)18-7-6-16/h2-5,8H,6-7,17H2,1H3,(H,18,19)/i16-1. The molecule has 3 N–H and O–H groups in total. The number of benzene rings is 1. The smallest absolute Gasteiger partial charge is 0.282 e. The Hall–Kier alpha value is -2.61. The largest absolute Gasteiger partial charge is 0.497 e. The lowest BCUT2D eigenvalue weighted by Gasteiger charge is -2.10. The highest BCUT2D eigenvalue weighted by atomic mass is 32.1. The summed E-state index contributed by atoms with van der Waals surface area (Å²) in [4.78, 5) is 12.7.